The van der Waals surface area contributed by atoms with Crippen LogP contribution < -0.4 is 0 Å². The summed E-state index contributed by atoms with van der Waals surface area (Å²) in [5.41, 5.74) is 0. The molecule has 0 saturated carbocycles. The van der Waals surface area contributed by atoms with Crippen LogP contribution in [0.4, 0.5) is 0 Å². The lowest BCUT2D eigenvalue weighted by Crippen LogP contribution is -2.16. The van der Waals surface area contributed by atoms with Crippen LogP contribution in [0.3, 0.4) is 0 Å². The highest BCUT2D eigenvalue weighted by Crippen LogP contribution is 1.93. The average Bonchev–Trinajstić information content (AvgIpc) is 2.14. The monoisotopic (exact) mass is 232 g/mol. The fourth-order valence-electron chi connectivity index (χ4n) is 0.457. The molecule has 0 spiro atoms. The van der Waals surface area contributed by atoms with Crippen molar-refractivity contribution in [1.29, 1.82) is 0 Å². The minimum absolute atomic E-state index is 0.0463. The number of ketones is 2. The van der Waals surface area contributed by atoms with Crippen molar-refractivity contribution in [2.75, 3.05) is 0 Å². The number of Topliss-reactive ketones (excluding diaryl/α,β-unsaturated/α-hetero) is 2. The predicted molar refractivity (Wildman–Crippen MR) is 55.0 cm³/mol. The Hall–Kier alpha value is -1.72. The summed E-state index contributed by atoms with van der Waals surface area (Å²) in [6.45, 7) is 4.01. The maximum Gasteiger partial charge on any atom is 0.313 e. The number of carbonyl (C=O) groups is 4. The van der Waals surface area contributed by atoms with Gasteiger partial charge in [0, 0.05) is 6.42 Å². The summed E-state index contributed by atoms with van der Waals surface area (Å²) < 4.78 is 0. The highest BCUT2D eigenvalue weighted by atomic mass is 16.4. The molecule has 92 valence electrons. The lowest BCUT2D eigenvalue weighted by atomic mass is 10.1. The van der Waals surface area contributed by atoms with E-state index in [4.69, 9.17) is 10.2 Å². The summed E-state index contributed by atoms with van der Waals surface area (Å²) in [5, 5.41) is 16.1. The van der Waals surface area contributed by atoms with Crippen LogP contribution in [0.5, 0.6) is 0 Å². The largest absolute Gasteiger partial charge is 0.481 e. The molecule has 0 aromatic rings. The fourth-order valence-corrected chi connectivity index (χ4v) is 0.457. The molecule has 1 atom stereocenters. The van der Waals surface area contributed by atoms with Crippen LogP contribution in [0.15, 0.2) is 0 Å². The highest BCUT2D eigenvalue weighted by molar-refractivity contribution is 5.96. The number of carboxylic acid groups (broad SMARTS) is 2. The SMILES string of the molecule is CC(=O)C(C)C(=O)O.CC(=O)CCC(=O)O. The lowest BCUT2D eigenvalue weighted by molar-refractivity contribution is -0.145. The lowest BCUT2D eigenvalue weighted by Gasteiger charge is -1.96. The van der Waals surface area contributed by atoms with Crippen molar-refractivity contribution in [3.05, 3.63) is 0 Å². The molecule has 0 aliphatic heterocycles. The second-order valence-electron chi connectivity index (χ2n) is 3.27. The molecule has 0 aliphatic rings. The van der Waals surface area contributed by atoms with Crippen LogP contribution in [0.25, 0.3) is 0 Å². The molecule has 0 fully saturated rings. The van der Waals surface area contributed by atoms with Crippen LogP contribution >= 0.6 is 0 Å². The number of aliphatic carboxylic acids is 2. The van der Waals surface area contributed by atoms with E-state index in [1.807, 2.05) is 0 Å². The van der Waals surface area contributed by atoms with Gasteiger partial charge in [-0.3, -0.25) is 14.4 Å². The van der Waals surface area contributed by atoms with E-state index >= 15 is 0 Å². The van der Waals surface area contributed by atoms with Crippen molar-refractivity contribution in [2.24, 2.45) is 5.92 Å². The van der Waals surface area contributed by atoms with Gasteiger partial charge in [-0.2, -0.15) is 0 Å². The third-order valence-corrected chi connectivity index (χ3v) is 1.67. The van der Waals surface area contributed by atoms with E-state index in [2.05, 4.69) is 0 Å². The topological polar surface area (TPSA) is 109 Å². The van der Waals surface area contributed by atoms with Gasteiger partial charge in [0.1, 0.15) is 17.5 Å². The van der Waals surface area contributed by atoms with Gasteiger partial charge in [0.15, 0.2) is 0 Å². The van der Waals surface area contributed by atoms with Crippen LogP contribution in [0.2, 0.25) is 0 Å². The third-order valence-electron chi connectivity index (χ3n) is 1.67. The maximum atomic E-state index is 10.2. The Bertz CT molecular complexity index is 253. The predicted octanol–water partition coefficient (Wildman–Crippen LogP) is 0.736. The zero-order valence-corrected chi connectivity index (χ0v) is 9.52. The van der Waals surface area contributed by atoms with E-state index in [9.17, 15) is 19.2 Å². The van der Waals surface area contributed by atoms with Crippen molar-refractivity contribution >= 4 is 23.5 Å². The Morgan fingerprint density at radius 2 is 1.44 bits per heavy atom. The Morgan fingerprint density at radius 1 is 1.00 bits per heavy atom. The van der Waals surface area contributed by atoms with Gasteiger partial charge in [-0.1, -0.05) is 0 Å². The van der Waals surface area contributed by atoms with Crippen LogP contribution in [-0.2, 0) is 19.2 Å². The number of hydrogen-bond donors (Lipinski definition) is 2. The molecule has 0 radical (unpaired) electrons. The molecule has 0 aromatic carbocycles. The minimum atomic E-state index is -1.06. The second-order valence-corrected chi connectivity index (χ2v) is 3.27. The maximum absolute atomic E-state index is 10.2. The first-order valence-electron chi connectivity index (χ1n) is 4.63. The Morgan fingerprint density at radius 3 is 1.50 bits per heavy atom. The van der Waals surface area contributed by atoms with Crippen LogP contribution in [0, 0.1) is 5.92 Å². The summed E-state index contributed by atoms with van der Waals surface area (Å²) >= 11 is 0. The molecule has 0 bridgehead atoms. The van der Waals surface area contributed by atoms with E-state index < -0.39 is 17.9 Å². The quantitative estimate of drug-likeness (QED) is 0.676. The van der Waals surface area contributed by atoms with Crippen molar-refractivity contribution < 1.29 is 29.4 Å². The number of hydrogen-bond acceptors (Lipinski definition) is 4. The van der Waals surface area contributed by atoms with E-state index in [0.29, 0.717) is 0 Å². The molecule has 1 unspecified atom stereocenters. The second kappa shape index (κ2) is 8.58. The van der Waals surface area contributed by atoms with Crippen molar-refractivity contribution in [2.45, 2.75) is 33.6 Å². The van der Waals surface area contributed by atoms with Gasteiger partial charge in [0.25, 0.3) is 0 Å². The van der Waals surface area contributed by atoms with Gasteiger partial charge < -0.3 is 15.0 Å². The van der Waals surface area contributed by atoms with Gasteiger partial charge >= 0.3 is 11.9 Å². The molecule has 0 heterocycles. The van der Waals surface area contributed by atoms with Crippen molar-refractivity contribution in [3.8, 4) is 0 Å². The number of carboxylic acids is 2. The first-order chi connectivity index (χ1) is 7.18. The Kier molecular flexibility index (Phi) is 8.95. The normalized spacial score (nSPS) is 10.7. The number of carbonyl (C=O) groups excluding carboxylic acids is 2. The van der Waals surface area contributed by atoms with Gasteiger partial charge in [-0.25, -0.2) is 0 Å². The molecule has 6 nitrogen and oxygen atoms in total. The molecular formula is C10H16O6. The molecule has 0 amide bonds. The van der Waals surface area contributed by atoms with E-state index in [0.717, 1.165) is 0 Å². The smallest absolute Gasteiger partial charge is 0.313 e. The molecule has 6 heteroatoms. The van der Waals surface area contributed by atoms with Crippen LogP contribution in [0.1, 0.15) is 33.6 Å². The molecule has 0 saturated heterocycles. The Balaban J connectivity index is 0. The van der Waals surface area contributed by atoms with Crippen molar-refractivity contribution in [3.63, 3.8) is 0 Å². The first kappa shape index (κ1) is 16.7. The summed E-state index contributed by atoms with van der Waals surface area (Å²) in [4.78, 5) is 40.0. The Labute approximate surface area is 93.3 Å². The molecule has 0 rings (SSSR count). The van der Waals surface area contributed by atoms with Gasteiger partial charge in [0.2, 0.25) is 0 Å². The van der Waals surface area contributed by atoms with E-state index in [1.165, 1.54) is 20.8 Å². The van der Waals surface area contributed by atoms with Crippen LogP contribution in [-0.4, -0.2) is 33.7 Å². The highest BCUT2D eigenvalue weighted by Gasteiger charge is 2.14. The van der Waals surface area contributed by atoms with Crippen molar-refractivity contribution in [1.82, 2.24) is 0 Å². The third kappa shape index (κ3) is 12.3. The summed E-state index contributed by atoms with van der Waals surface area (Å²) in [5.74, 6) is -3.21. The fraction of sp³-hybridized carbons (Fsp3) is 0.600. The molecule has 0 aliphatic carbocycles. The van der Waals surface area contributed by atoms with E-state index in [1.54, 1.807) is 0 Å². The molecular weight excluding hydrogens is 216 g/mol. The summed E-state index contributed by atoms with van der Waals surface area (Å²) in [6, 6.07) is 0. The first-order valence-corrected chi connectivity index (χ1v) is 4.63. The molecule has 16 heavy (non-hydrogen) atoms. The standard InChI is InChI=1S/2C5H8O3/c1-4(6)2-3-5(7)8;1-3(4(2)6)5(7)8/h2-3H2,1H3,(H,7,8);3H,1-2H3,(H,7,8). The average molecular weight is 232 g/mol. The zero-order chi connectivity index (χ0) is 13.3. The molecule has 2 N–H and O–H groups in total. The molecule has 0 aromatic heterocycles. The summed E-state index contributed by atoms with van der Waals surface area (Å²) in [6.07, 6.45) is 0.102. The summed E-state index contributed by atoms with van der Waals surface area (Å²) in [7, 11) is 0. The van der Waals surface area contributed by atoms with Gasteiger partial charge in [0.05, 0.1) is 6.42 Å². The minimum Gasteiger partial charge on any atom is -0.481 e. The number of rotatable bonds is 5. The van der Waals surface area contributed by atoms with Gasteiger partial charge in [-0.05, 0) is 20.8 Å². The zero-order valence-electron chi connectivity index (χ0n) is 9.52. The van der Waals surface area contributed by atoms with E-state index in [-0.39, 0.29) is 24.4 Å². The van der Waals surface area contributed by atoms with Gasteiger partial charge in [-0.15, -0.1) is 0 Å².